The largest absolute Gasteiger partial charge is 0.361 e. The van der Waals surface area contributed by atoms with Crippen LogP contribution in [-0.4, -0.2) is 16.4 Å². The fourth-order valence-corrected chi connectivity index (χ4v) is 3.03. The third kappa shape index (κ3) is 3.65. The van der Waals surface area contributed by atoms with Crippen LogP contribution in [0.25, 0.3) is 10.9 Å². The van der Waals surface area contributed by atoms with Crippen molar-refractivity contribution in [1.82, 2.24) is 10.3 Å². The van der Waals surface area contributed by atoms with Crippen LogP contribution < -0.4 is 5.32 Å². The van der Waals surface area contributed by atoms with Crippen molar-refractivity contribution >= 4 is 16.8 Å². The van der Waals surface area contributed by atoms with Crippen LogP contribution in [0.5, 0.6) is 0 Å². The van der Waals surface area contributed by atoms with Crippen molar-refractivity contribution in [1.29, 1.82) is 0 Å². The van der Waals surface area contributed by atoms with Crippen molar-refractivity contribution in [2.75, 3.05) is 0 Å². The van der Waals surface area contributed by atoms with Gasteiger partial charge in [-0.2, -0.15) is 0 Å². The second-order valence-electron chi connectivity index (χ2n) is 6.74. The molecule has 0 fully saturated rings. The number of carbonyl (C=O) groups excluding carboxylic acids is 1. The molecule has 1 aromatic heterocycles. The fraction of sp³-hybridized carbons (Fsp3) is 0.250. The van der Waals surface area contributed by atoms with Gasteiger partial charge in [0.15, 0.2) is 0 Å². The highest BCUT2D eigenvalue weighted by atomic mass is 19.1. The van der Waals surface area contributed by atoms with E-state index < -0.39 is 5.54 Å². The maximum Gasteiger partial charge on any atom is 0.224 e. The Labute approximate surface area is 140 Å². The van der Waals surface area contributed by atoms with Gasteiger partial charge in [0.2, 0.25) is 5.91 Å². The summed E-state index contributed by atoms with van der Waals surface area (Å²) in [6.45, 7) is 3.96. The van der Waals surface area contributed by atoms with E-state index in [0.29, 0.717) is 12.0 Å². The monoisotopic (exact) mass is 324 g/mol. The van der Waals surface area contributed by atoms with Crippen LogP contribution in [-0.2, 0) is 17.6 Å². The van der Waals surface area contributed by atoms with Crippen LogP contribution in [0.1, 0.15) is 25.0 Å². The Balaban J connectivity index is 1.69. The van der Waals surface area contributed by atoms with Crippen LogP contribution in [0.4, 0.5) is 4.39 Å². The lowest BCUT2D eigenvalue weighted by molar-refractivity contribution is -0.122. The number of hydrogen-bond donors (Lipinski definition) is 2. The Kier molecular flexibility index (Phi) is 4.38. The normalized spacial score (nSPS) is 11.6. The molecule has 0 unspecified atom stereocenters. The van der Waals surface area contributed by atoms with E-state index in [4.69, 9.17) is 0 Å². The van der Waals surface area contributed by atoms with Gasteiger partial charge in [-0.1, -0.05) is 36.4 Å². The Morgan fingerprint density at radius 3 is 2.58 bits per heavy atom. The van der Waals surface area contributed by atoms with Crippen molar-refractivity contribution in [2.45, 2.75) is 32.2 Å². The summed E-state index contributed by atoms with van der Waals surface area (Å²) in [6.07, 6.45) is 2.72. The predicted molar refractivity (Wildman–Crippen MR) is 94.3 cm³/mol. The van der Waals surface area contributed by atoms with Crippen molar-refractivity contribution in [3.63, 3.8) is 0 Å². The van der Waals surface area contributed by atoms with E-state index in [1.165, 1.54) is 6.07 Å². The maximum absolute atomic E-state index is 13.7. The number of para-hydroxylation sites is 1. The van der Waals surface area contributed by atoms with Gasteiger partial charge in [0, 0.05) is 22.6 Å². The lowest BCUT2D eigenvalue weighted by atomic mass is 9.94. The number of carbonyl (C=O) groups is 1. The summed E-state index contributed by atoms with van der Waals surface area (Å²) in [5.41, 5.74) is 2.23. The molecule has 0 aliphatic heterocycles. The second kappa shape index (κ2) is 6.48. The van der Waals surface area contributed by atoms with Crippen molar-refractivity contribution in [2.24, 2.45) is 0 Å². The molecule has 1 heterocycles. The molecule has 24 heavy (non-hydrogen) atoms. The molecular weight excluding hydrogens is 303 g/mol. The lowest BCUT2D eigenvalue weighted by Gasteiger charge is -2.26. The summed E-state index contributed by atoms with van der Waals surface area (Å²) in [5, 5.41) is 4.18. The highest BCUT2D eigenvalue weighted by molar-refractivity contribution is 5.83. The molecule has 2 aromatic carbocycles. The van der Waals surface area contributed by atoms with Crippen LogP contribution in [0.15, 0.2) is 54.7 Å². The molecule has 0 atom stereocenters. The van der Waals surface area contributed by atoms with Gasteiger partial charge in [0.25, 0.3) is 0 Å². The summed E-state index contributed by atoms with van der Waals surface area (Å²) in [6, 6.07) is 14.5. The molecule has 0 bridgehead atoms. The molecule has 3 aromatic rings. The third-order valence-corrected chi connectivity index (χ3v) is 4.09. The molecule has 0 saturated carbocycles. The number of aromatic amines is 1. The molecule has 0 aliphatic carbocycles. The first-order valence-corrected chi connectivity index (χ1v) is 8.04. The molecular formula is C20H21FN2O. The number of amides is 1. The molecule has 0 radical (unpaired) electrons. The first-order chi connectivity index (χ1) is 11.4. The number of hydrogen-bond acceptors (Lipinski definition) is 1. The summed E-state index contributed by atoms with van der Waals surface area (Å²) in [7, 11) is 0. The molecule has 3 nitrogen and oxygen atoms in total. The van der Waals surface area contributed by atoms with Crippen LogP contribution >= 0.6 is 0 Å². The summed E-state index contributed by atoms with van der Waals surface area (Å²) in [4.78, 5) is 15.5. The minimum absolute atomic E-state index is 0.0456. The SMILES string of the molecule is CC(C)(Cc1c[nH]c2ccccc12)NC(=O)Cc1ccccc1F. The molecule has 4 heteroatoms. The zero-order valence-corrected chi connectivity index (χ0v) is 13.9. The van der Waals surface area contributed by atoms with Gasteiger partial charge < -0.3 is 10.3 Å². The van der Waals surface area contributed by atoms with Crippen LogP contribution in [0.2, 0.25) is 0 Å². The average Bonchev–Trinajstić information content (AvgIpc) is 2.92. The Morgan fingerprint density at radius 1 is 1.08 bits per heavy atom. The van der Waals surface area contributed by atoms with Gasteiger partial charge in [-0.3, -0.25) is 4.79 Å². The molecule has 0 aliphatic rings. The lowest BCUT2D eigenvalue weighted by Crippen LogP contribution is -2.45. The summed E-state index contributed by atoms with van der Waals surface area (Å²) >= 11 is 0. The van der Waals surface area contributed by atoms with E-state index in [9.17, 15) is 9.18 Å². The van der Waals surface area contributed by atoms with Crippen molar-refractivity contribution < 1.29 is 9.18 Å². The topological polar surface area (TPSA) is 44.9 Å². The molecule has 0 saturated heterocycles. The summed E-state index contributed by atoms with van der Waals surface area (Å²) in [5.74, 6) is -0.521. The Morgan fingerprint density at radius 2 is 1.79 bits per heavy atom. The predicted octanol–water partition coefficient (Wildman–Crippen LogP) is 3.99. The average molecular weight is 324 g/mol. The third-order valence-electron chi connectivity index (χ3n) is 4.09. The number of aromatic nitrogens is 1. The van der Waals surface area contributed by atoms with E-state index in [1.54, 1.807) is 18.2 Å². The van der Waals surface area contributed by atoms with Crippen LogP contribution in [0.3, 0.4) is 0 Å². The number of halogens is 1. The van der Waals surface area contributed by atoms with Gasteiger partial charge in [-0.15, -0.1) is 0 Å². The molecule has 0 spiro atoms. The van der Waals surface area contributed by atoms with E-state index in [0.717, 1.165) is 16.5 Å². The van der Waals surface area contributed by atoms with E-state index in [1.807, 2.05) is 38.2 Å². The second-order valence-corrected chi connectivity index (χ2v) is 6.74. The van der Waals surface area contributed by atoms with Crippen LogP contribution in [0, 0.1) is 5.82 Å². The van der Waals surface area contributed by atoms with E-state index in [2.05, 4.69) is 16.4 Å². The van der Waals surface area contributed by atoms with Gasteiger partial charge in [0.05, 0.1) is 6.42 Å². The Bertz CT molecular complexity index is 867. The van der Waals surface area contributed by atoms with E-state index >= 15 is 0 Å². The number of rotatable bonds is 5. The Hall–Kier alpha value is -2.62. The van der Waals surface area contributed by atoms with E-state index in [-0.39, 0.29) is 18.1 Å². The number of benzene rings is 2. The number of H-pyrrole nitrogens is 1. The van der Waals surface area contributed by atoms with Crippen molar-refractivity contribution in [3.05, 3.63) is 71.7 Å². The number of nitrogens with one attached hydrogen (secondary N) is 2. The minimum atomic E-state index is -0.423. The van der Waals surface area contributed by atoms with Gasteiger partial charge in [-0.05, 0) is 43.5 Å². The zero-order valence-electron chi connectivity index (χ0n) is 13.9. The van der Waals surface area contributed by atoms with Crippen molar-refractivity contribution in [3.8, 4) is 0 Å². The first kappa shape index (κ1) is 16.2. The summed E-state index contributed by atoms with van der Waals surface area (Å²) < 4.78 is 13.7. The van der Waals surface area contributed by atoms with Gasteiger partial charge in [0.1, 0.15) is 5.82 Å². The molecule has 124 valence electrons. The molecule has 3 rings (SSSR count). The first-order valence-electron chi connectivity index (χ1n) is 8.04. The fourth-order valence-electron chi connectivity index (χ4n) is 3.03. The van der Waals surface area contributed by atoms with Gasteiger partial charge in [-0.25, -0.2) is 4.39 Å². The minimum Gasteiger partial charge on any atom is -0.361 e. The smallest absolute Gasteiger partial charge is 0.224 e. The highest BCUT2D eigenvalue weighted by Crippen LogP contribution is 2.22. The number of fused-ring (bicyclic) bond motifs is 1. The zero-order chi connectivity index (χ0) is 17.2. The quantitative estimate of drug-likeness (QED) is 0.732. The standard InChI is InChI=1S/C20H21FN2O/c1-20(2,12-15-13-22-18-10-6-4-8-16(15)18)23-19(24)11-14-7-3-5-9-17(14)21/h3-10,13,22H,11-12H2,1-2H3,(H,23,24). The molecule has 2 N–H and O–H groups in total. The highest BCUT2D eigenvalue weighted by Gasteiger charge is 2.23. The van der Waals surface area contributed by atoms with Gasteiger partial charge >= 0.3 is 0 Å². The molecule has 1 amide bonds. The maximum atomic E-state index is 13.7.